The maximum absolute atomic E-state index is 12.8. The summed E-state index contributed by atoms with van der Waals surface area (Å²) in [5.41, 5.74) is -0.264. The summed E-state index contributed by atoms with van der Waals surface area (Å²) < 4.78 is 21.5. The molecule has 0 saturated carbocycles. The SMILES string of the molecule is COC(=O)c1c2oc3cc(O)c(O)cc3c2c(C(=O)OC)c2oc3cc(O)c(O)cc3c12. The van der Waals surface area contributed by atoms with Gasteiger partial charge in [-0.05, 0) is 12.1 Å². The molecule has 0 atom stereocenters. The number of ether oxygens (including phenoxy) is 2. The molecule has 0 aliphatic rings. The van der Waals surface area contributed by atoms with Gasteiger partial charge in [0.15, 0.2) is 34.2 Å². The Balaban J connectivity index is 2.15. The number of methoxy groups -OCH3 is 2. The summed E-state index contributed by atoms with van der Waals surface area (Å²) in [4.78, 5) is 25.7. The molecular weight excluding hydrogens is 424 g/mol. The Kier molecular flexibility index (Phi) is 3.90. The third kappa shape index (κ3) is 2.40. The summed E-state index contributed by atoms with van der Waals surface area (Å²) in [5, 5.41) is 40.4. The molecule has 0 bridgehead atoms. The molecule has 162 valence electrons. The number of rotatable bonds is 2. The molecule has 3 aromatic carbocycles. The number of carbonyl (C=O) groups excluding carboxylic acids is 2. The van der Waals surface area contributed by atoms with Gasteiger partial charge < -0.3 is 38.7 Å². The zero-order chi connectivity index (χ0) is 22.9. The van der Waals surface area contributed by atoms with E-state index in [0.29, 0.717) is 0 Å². The van der Waals surface area contributed by atoms with Crippen LogP contribution in [0, 0.1) is 0 Å². The van der Waals surface area contributed by atoms with Gasteiger partial charge >= 0.3 is 11.9 Å². The molecule has 0 aliphatic heterocycles. The zero-order valence-corrected chi connectivity index (χ0v) is 16.5. The van der Waals surface area contributed by atoms with Gasteiger partial charge in [0, 0.05) is 33.7 Å². The second-order valence-electron chi connectivity index (χ2n) is 7.02. The minimum Gasteiger partial charge on any atom is -0.504 e. The topological polar surface area (TPSA) is 160 Å². The fourth-order valence-electron chi connectivity index (χ4n) is 3.91. The fraction of sp³-hybridized carbons (Fsp3) is 0.0909. The number of carbonyl (C=O) groups is 2. The lowest BCUT2D eigenvalue weighted by molar-refractivity contribution is 0.0591. The number of aromatic hydroxyl groups is 4. The van der Waals surface area contributed by atoms with Crippen LogP contribution in [-0.2, 0) is 9.47 Å². The van der Waals surface area contributed by atoms with Crippen molar-refractivity contribution in [3.63, 3.8) is 0 Å². The van der Waals surface area contributed by atoms with Crippen molar-refractivity contribution >= 4 is 55.8 Å². The number of hydrogen-bond acceptors (Lipinski definition) is 10. The van der Waals surface area contributed by atoms with Crippen LogP contribution in [0.15, 0.2) is 33.1 Å². The fourth-order valence-corrected chi connectivity index (χ4v) is 3.91. The van der Waals surface area contributed by atoms with Crippen LogP contribution in [0.25, 0.3) is 43.9 Å². The van der Waals surface area contributed by atoms with E-state index in [1.54, 1.807) is 0 Å². The predicted octanol–water partition coefficient (Wildman–Crippen LogP) is 3.88. The number of esters is 2. The summed E-state index contributed by atoms with van der Waals surface area (Å²) >= 11 is 0. The van der Waals surface area contributed by atoms with E-state index < -0.39 is 34.9 Å². The molecule has 32 heavy (non-hydrogen) atoms. The Bertz CT molecular complexity index is 1500. The molecule has 0 fully saturated rings. The van der Waals surface area contributed by atoms with E-state index in [1.807, 2.05) is 0 Å². The quantitative estimate of drug-likeness (QED) is 0.235. The monoisotopic (exact) mass is 438 g/mol. The van der Waals surface area contributed by atoms with Crippen LogP contribution in [0.2, 0.25) is 0 Å². The van der Waals surface area contributed by atoms with Crippen LogP contribution in [0.5, 0.6) is 23.0 Å². The van der Waals surface area contributed by atoms with Gasteiger partial charge in [0.25, 0.3) is 0 Å². The second kappa shape index (κ2) is 6.45. The molecular formula is C22H14O10. The van der Waals surface area contributed by atoms with E-state index in [-0.39, 0.29) is 55.0 Å². The molecule has 0 unspecified atom stereocenters. The van der Waals surface area contributed by atoms with Crippen LogP contribution in [0.4, 0.5) is 0 Å². The lowest BCUT2D eigenvalue weighted by Crippen LogP contribution is -2.07. The average molecular weight is 438 g/mol. The predicted molar refractivity (Wildman–Crippen MR) is 110 cm³/mol. The van der Waals surface area contributed by atoms with Crippen LogP contribution in [0.3, 0.4) is 0 Å². The first kappa shape index (κ1) is 19.4. The first-order chi connectivity index (χ1) is 15.3. The standard InChI is InChI=1S/C22H14O10/c1-29-21(27)17-15-7-3-9(23)11(25)5-13(7)32-20(15)18(22(28)30-2)16-8-4-10(24)12(26)6-14(8)31-19(16)17/h3-6,23-26H,1-2H3. The van der Waals surface area contributed by atoms with Crippen molar-refractivity contribution in [2.75, 3.05) is 14.2 Å². The minimum absolute atomic E-state index is 0.0723. The average Bonchev–Trinajstić information content (AvgIpc) is 3.29. The van der Waals surface area contributed by atoms with Gasteiger partial charge in [-0.2, -0.15) is 0 Å². The normalized spacial score (nSPS) is 11.6. The molecule has 0 saturated heterocycles. The molecule has 0 spiro atoms. The minimum atomic E-state index is -0.834. The Morgan fingerprint density at radius 2 is 1.00 bits per heavy atom. The van der Waals surface area contributed by atoms with Crippen LogP contribution in [-0.4, -0.2) is 46.6 Å². The molecule has 0 amide bonds. The summed E-state index contributed by atoms with van der Waals surface area (Å²) in [6.45, 7) is 0. The number of benzene rings is 3. The maximum Gasteiger partial charge on any atom is 0.342 e. The Labute approximate surface area is 177 Å². The van der Waals surface area contributed by atoms with E-state index in [1.165, 1.54) is 12.1 Å². The van der Waals surface area contributed by atoms with Crippen molar-refractivity contribution in [2.45, 2.75) is 0 Å². The van der Waals surface area contributed by atoms with Crippen molar-refractivity contribution in [1.82, 2.24) is 0 Å². The van der Waals surface area contributed by atoms with Gasteiger partial charge in [-0.3, -0.25) is 0 Å². The number of phenolic OH excluding ortho intramolecular Hbond substituents is 4. The summed E-state index contributed by atoms with van der Waals surface area (Å²) in [7, 11) is 2.31. The van der Waals surface area contributed by atoms with Crippen molar-refractivity contribution < 1.29 is 48.3 Å². The third-order valence-corrected chi connectivity index (χ3v) is 5.30. The van der Waals surface area contributed by atoms with Crippen molar-refractivity contribution in [3.05, 3.63) is 35.4 Å². The van der Waals surface area contributed by atoms with Gasteiger partial charge in [-0.15, -0.1) is 0 Å². The third-order valence-electron chi connectivity index (χ3n) is 5.30. The first-order valence-electron chi connectivity index (χ1n) is 9.15. The van der Waals surface area contributed by atoms with Gasteiger partial charge in [0.2, 0.25) is 0 Å². The Morgan fingerprint density at radius 3 is 1.34 bits per heavy atom. The molecule has 5 aromatic rings. The number of hydrogen-bond donors (Lipinski definition) is 4. The Morgan fingerprint density at radius 1 is 0.656 bits per heavy atom. The molecule has 10 nitrogen and oxygen atoms in total. The van der Waals surface area contributed by atoms with Gasteiger partial charge in [0.05, 0.1) is 14.2 Å². The lowest BCUT2D eigenvalue weighted by Gasteiger charge is -2.07. The second-order valence-corrected chi connectivity index (χ2v) is 7.02. The highest BCUT2D eigenvalue weighted by molar-refractivity contribution is 6.31. The largest absolute Gasteiger partial charge is 0.504 e. The molecule has 2 aromatic heterocycles. The van der Waals surface area contributed by atoms with Gasteiger partial charge in [-0.25, -0.2) is 9.59 Å². The smallest absolute Gasteiger partial charge is 0.342 e. The molecule has 0 aliphatic carbocycles. The van der Waals surface area contributed by atoms with E-state index in [4.69, 9.17) is 18.3 Å². The van der Waals surface area contributed by atoms with Crippen LogP contribution < -0.4 is 0 Å². The summed E-state index contributed by atoms with van der Waals surface area (Å²) in [6.07, 6.45) is 0. The number of fused-ring (bicyclic) bond motifs is 6. The lowest BCUT2D eigenvalue weighted by atomic mass is 9.97. The number of phenols is 4. The Hall–Kier alpha value is -4.60. The van der Waals surface area contributed by atoms with E-state index in [9.17, 15) is 30.0 Å². The van der Waals surface area contributed by atoms with Crippen molar-refractivity contribution in [1.29, 1.82) is 0 Å². The summed E-state index contributed by atoms with van der Waals surface area (Å²) in [5.74, 6) is -3.56. The summed E-state index contributed by atoms with van der Waals surface area (Å²) in [6, 6.07) is 4.62. The maximum atomic E-state index is 12.8. The molecule has 4 N–H and O–H groups in total. The zero-order valence-electron chi connectivity index (χ0n) is 16.5. The number of furan rings is 2. The van der Waals surface area contributed by atoms with Gasteiger partial charge in [-0.1, -0.05) is 0 Å². The highest BCUT2D eigenvalue weighted by Crippen LogP contribution is 2.46. The van der Waals surface area contributed by atoms with E-state index in [0.717, 1.165) is 26.4 Å². The van der Waals surface area contributed by atoms with E-state index >= 15 is 0 Å². The highest BCUT2D eigenvalue weighted by Gasteiger charge is 2.32. The van der Waals surface area contributed by atoms with Crippen molar-refractivity contribution in [2.24, 2.45) is 0 Å². The van der Waals surface area contributed by atoms with Crippen LogP contribution in [0.1, 0.15) is 20.7 Å². The van der Waals surface area contributed by atoms with E-state index in [2.05, 4.69) is 0 Å². The molecule has 5 rings (SSSR count). The van der Waals surface area contributed by atoms with Gasteiger partial charge in [0.1, 0.15) is 22.3 Å². The van der Waals surface area contributed by atoms with Crippen LogP contribution >= 0.6 is 0 Å². The first-order valence-corrected chi connectivity index (χ1v) is 9.15. The molecule has 10 heteroatoms. The molecule has 0 radical (unpaired) electrons. The van der Waals surface area contributed by atoms with Crippen molar-refractivity contribution in [3.8, 4) is 23.0 Å². The molecule has 2 heterocycles. The highest BCUT2D eigenvalue weighted by atomic mass is 16.5.